The molecule has 1 aliphatic rings. The maximum Gasteiger partial charge on any atom is 0.244 e. The van der Waals surface area contributed by atoms with Crippen molar-refractivity contribution in [3.05, 3.63) is 17.1 Å². The molecule has 2 N–H and O–H groups in total. The lowest BCUT2D eigenvalue weighted by molar-refractivity contribution is 0.276. The van der Waals surface area contributed by atoms with E-state index in [1.165, 1.54) is 0 Å². The Kier molecular flexibility index (Phi) is 5.11. The van der Waals surface area contributed by atoms with Crippen LogP contribution in [0.1, 0.15) is 56.1 Å². The van der Waals surface area contributed by atoms with Gasteiger partial charge in [0.05, 0.1) is 6.61 Å². The lowest BCUT2D eigenvalue weighted by atomic mass is 9.98. The van der Waals surface area contributed by atoms with Gasteiger partial charge in [-0.15, -0.1) is 0 Å². The summed E-state index contributed by atoms with van der Waals surface area (Å²) in [6.45, 7) is 5.06. The quantitative estimate of drug-likeness (QED) is 0.837. The molecule has 0 saturated heterocycles. The molecule has 0 aliphatic heterocycles. The molecular weight excluding hydrogens is 290 g/mol. The summed E-state index contributed by atoms with van der Waals surface area (Å²) in [5, 5.41) is 9.43. The molecule has 0 spiro atoms. The fourth-order valence-corrected chi connectivity index (χ4v) is 4.99. The summed E-state index contributed by atoms with van der Waals surface area (Å²) in [6.07, 6.45) is 5.28. The molecule has 0 bridgehead atoms. The van der Waals surface area contributed by atoms with Crippen molar-refractivity contribution in [3.63, 3.8) is 0 Å². The van der Waals surface area contributed by atoms with Gasteiger partial charge in [0.2, 0.25) is 10.0 Å². The summed E-state index contributed by atoms with van der Waals surface area (Å²) in [5.41, 5.74) is 0.362. The van der Waals surface area contributed by atoms with Crippen LogP contribution in [-0.2, 0) is 16.6 Å². The molecule has 2 atom stereocenters. The van der Waals surface area contributed by atoms with Crippen molar-refractivity contribution in [1.82, 2.24) is 4.72 Å². The summed E-state index contributed by atoms with van der Waals surface area (Å²) in [6, 6.07) is -0.0429. The zero-order valence-corrected chi connectivity index (χ0v) is 13.8. The average molecular weight is 315 g/mol. The normalized spacial score (nSPS) is 24.0. The second kappa shape index (κ2) is 6.50. The zero-order chi connectivity index (χ0) is 15.6. The van der Waals surface area contributed by atoms with Gasteiger partial charge in [0.15, 0.2) is 0 Å². The number of aliphatic hydroxyl groups excluding tert-OH is 1. The van der Waals surface area contributed by atoms with Gasteiger partial charge < -0.3 is 9.52 Å². The van der Waals surface area contributed by atoms with E-state index in [-0.39, 0.29) is 17.5 Å². The number of furan rings is 1. The molecule has 1 fully saturated rings. The molecule has 1 aliphatic carbocycles. The molecule has 1 aromatic rings. The van der Waals surface area contributed by atoms with Crippen molar-refractivity contribution < 1.29 is 17.9 Å². The van der Waals surface area contributed by atoms with Crippen molar-refractivity contribution in [2.24, 2.45) is 5.92 Å². The molecule has 0 amide bonds. The molecule has 21 heavy (non-hydrogen) atoms. The Labute approximate surface area is 126 Å². The van der Waals surface area contributed by atoms with E-state index in [1.807, 2.05) is 0 Å². The summed E-state index contributed by atoms with van der Waals surface area (Å²) in [5.74, 6) is 1.13. The van der Waals surface area contributed by atoms with Crippen LogP contribution < -0.4 is 4.72 Å². The smallest absolute Gasteiger partial charge is 0.244 e. The number of hydrogen-bond donors (Lipinski definition) is 2. The largest absolute Gasteiger partial charge is 0.465 e. The Morgan fingerprint density at radius 1 is 1.19 bits per heavy atom. The number of sulfonamides is 1. The maximum absolute atomic E-state index is 12.7. The van der Waals surface area contributed by atoms with E-state index in [4.69, 9.17) is 4.42 Å². The first-order chi connectivity index (χ1) is 9.86. The monoisotopic (exact) mass is 315 g/mol. The third-order valence-corrected chi connectivity index (χ3v) is 6.10. The Bertz CT molecular complexity index is 591. The van der Waals surface area contributed by atoms with Gasteiger partial charge in [0, 0.05) is 11.6 Å². The summed E-state index contributed by atoms with van der Waals surface area (Å²) in [4.78, 5) is 0.110. The van der Waals surface area contributed by atoms with Gasteiger partial charge in [-0.1, -0.05) is 26.2 Å². The predicted octanol–water partition coefficient (Wildman–Crippen LogP) is 2.64. The number of aliphatic hydroxyl groups is 1. The lowest BCUT2D eigenvalue weighted by Gasteiger charge is -2.22. The fraction of sp³-hybridized carbons (Fsp3) is 0.733. The summed E-state index contributed by atoms with van der Waals surface area (Å²) >= 11 is 0. The van der Waals surface area contributed by atoms with Gasteiger partial charge in [0.25, 0.3) is 0 Å². The molecule has 1 saturated carbocycles. The first-order valence-corrected chi connectivity index (χ1v) is 9.07. The standard InChI is InChI=1S/C15H25NO4S/c1-10-7-5-4-6-8-14(10)16-21(18,19)15-12(3)20-11(2)13(15)9-17/h10,14,16-17H,4-9H2,1-3H3. The van der Waals surface area contributed by atoms with Gasteiger partial charge in [-0.05, 0) is 32.6 Å². The number of hydrogen-bond acceptors (Lipinski definition) is 4. The Balaban J connectivity index is 2.30. The van der Waals surface area contributed by atoms with Gasteiger partial charge in [-0.3, -0.25) is 0 Å². The van der Waals surface area contributed by atoms with Crippen LogP contribution in [0, 0.1) is 19.8 Å². The van der Waals surface area contributed by atoms with E-state index in [0.29, 0.717) is 23.0 Å². The minimum atomic E-state index is -3.67. The number of aryl methyl sites for hydroxylation is 2. The van der Waals surface area contributed by atoms with Crippen molar-refractivity contribution in [2.45, 2.75) is 70.4 Å². The van der Waals surface area contributed by atoms with Crippen LogP contribution in [0.2, 0.25) is 0 Å². The van der Waals surface area contributed by atoms with Crippen LogP contribution in [0.4, 0.5) is 0 Å². The molecule has 120 valence electrons. The van der Waals surface area contributed by atoms with Crippen molar-refractivity contribution in [1.29, 1.82) is 0 Å². The van der Waals surface area contributed by atoms with Gasteiger partial charge in [0.1, 0.15) is 16.4 Å². The van der Waals surface area contributed by atoms with Gasteiger partial charge in [-0.25, -0.2) is 13.1 Å². The summed E-state index contributed by atoms with van der Waals surface area (Å²) < 4.78 is 33.6. The van der Waals surface area contributed by atoms with Crippen LogP contribution in [0.5, 0.6) is 0 Å². The van der Waals surface area contributed by atoms with Gasteiger partial charge >= 0.3 is 0 Å². The molecular formula is C15H25NO4S. The second-order valence-corrected chi connectivity index (χ2v) is 7.67. The van der Waals surface area contributed by atoms with E-state index < -0.39 is 10.0 Å². The highest BCUT2D eigenvalue weighted by molar-refractivity contribution is 7.89. The molecule has 0 radical (unpaired) electrons. The first kappa shape index (κ1) is 16.5. The maximum atomic E-state index is 12.7. The highest BCUT2D eigenvalue weighted by Gasteiger charge is 2.31. The lowest BCUT2D eigenvalue weighted by Crippen LogP contribution is -2.39. The van der Waals surface area contributed by atoms with E-state index in [0.717, 1.165) is 32.1 Å². The number of rotatable bonds is 4. The SMILES string of the molecule is Cc1oc(C)c(S(=O)(=O)NC2CCCCCC2C)c1CO. The van der Waals surface area contributed by atoms with Gasteiger partial charge in [-0.2, -0.15) is 0 Å². The first-order valence-electron chi connectivity index (χ1n) is 7.59. The Morgan fingerprint density at radius 2 is 1.86 bits per heavy atom. The van der Waals surface area contributed by atoms with Crippen LogP contribution in [0.25, 0.3) is 0 Å². The topological polar surface area (TPSA) is 79.5 Å². The molecule has 1 aromatic heterocycles. The predicted molar refractivity (Wildman–Crippen MR) is 80.5 cm³/mol. The molecule has 6 heteroatoms. The second-order valence-electron chi connectivity index (χ2n) is 6.02. The number of nitrogens with one attached hydrogen (secondary N) is 1. The summed E-state index contributed by atoms with van der Waals surface area (Å²) in [7, 11) is -3.67. The highest BCUT2D eigenvalue weighted by Crippen LogP contribution is 2.29. The van der Waals surface area contributed by atoms with Crippen molar-refractivity contribution >= 4 is 10.0 Å². The van der Waals surface area contributed by atoms with Crippen molar-refractivity contribution in [2.75, 3.05) is 0 Å². The Morgan fingerprint density at radius 3 is 2.52 bits per heavy atom. The zero-order valence-electron chi connectivity index (χ0n) is 13.0. The van der Waals surface area contributed by atoms with Crippen LogP contribution >= 0.6 is 0 Å². The fourth-order valence-electron chi connectivity index (χ4n) is 3.17. The molecule has 5 nitrogen and oxygen atoms in total. The van der Waals surface area contributed by atoms with E-state index in [1.54, 1.807) is 13.8 Å². The minimum Gasteiger partial charge on any atom is -0.465 e. The van der Waals surface area contributed by atoms with E-state index in [2.05, 4.69) is 11.6 Å². The van der Waals surface area contributed by atoms with Crippen LogP contribution in [0.15, 0.2) is 9.31 Å². The Hall–Kier alpha value is -0.850. The van der Waals surface area contributed by atoms with Crippen molar-refractivity contribution in [3.8, 4) is 0 Å². The highest BCUT2D eigenvalue weighted by atomic mass is 32.2. The molecule has 1 heterocycles. The third-order valence-electron chi connectivity index (χ3n) is 4.42. The van der Waals surface area contributed by atoms with Crippen LogP contribution in [0.3, 0.4) is 0 Å². The molecule has 2 rings (SSSR count). The minimum absolute atomic E-state index is 0.0429. The van der Waals surface area contributed by atoms with E-state index in [9.17, 15) is 13.5 Å². The third kappa shape index (κ3) is 3.49. The molecule has 2 unspecified atom stereocenters. The molecule has 0 aromatic carbocycles. The van der Waals surface area contributed by atoms with E-state index >= 15 is 0 Å². The van der Waals surface area contributed by atoms with Crippen LogP contribution in [-0.4, -0.2) is 19.6 Å². The average Bonchev–Trinajstić information content (AvgIpc) is 2.56.